The highest BCUT2D eigenvalue weighted by Crippen LogP contribution is 2.29. The number of Topliss-reactive ketones (excluding diaryl/α,β-unsaturated/α-hetero) is 1. The Bertz CT molecular complexity index is 1100. The van der Waals surface area contributed by atoms with Gasteiger partial charge in [0.05, 0.1) is 10.6 Å². The minimum absolute atomic E-state index is 0.0451. The number of hydrogen-bond donors (Lipinski definition) is 0. The first-order chi connectivity index (χ1) is 13.6. The van der Waals surface area contributed by atoms with Crippen molar-refractivity contribution in [1.29, 1.82) is 0 Å². The number of thiazole rings is 1. The Balaban J connectivity index is 1.42. The third-order valence-electron chi connectivity index (χ3n) is 4.22. The first-order valence-electron chi connectivity index (χ1n) is 8.83. The van der Waals surface area contributed by atoms with E-state index in [9.17, 15) is 4.79 Å². The van der Waals surface area contributed by atoms with Crippen LogP contribution in [0.2, 0.25) is 0 Å². The molecule has 5 nitrogen and oxygen atoms in total. The molecule has 0 N–H and O–H groups in total. The minimum Gasteiger partial charge on any atom is -0.487 e. The summed E-state index contributed by atoms with van der Waals surface area (Å²) in [4.78, 5) is 16.8. The van der Waals surface area contributed by atoms with E-state index in [0.717, 1.165) is 39.0 Å². The zero-order valence-electron chi connectivity index (χ0n) is 15.5. The van der Waals surface area contributed by atoms with Crippen LogP contribution in [-0.4, -0.2) is 15.9 Å². The number of aryl methyl sites for hydroxylation is 1. The Morgan fingerprint density at radius 1 is 1.07 bits per heavy atom. The smallest absolute Gasteiger partial charge is 0.171 e. The third-order valence-corrected chi connectivity index (χ3v) is 5.53. The number of ketones is 1. The minimum atomic E-state index is 0.0451. The zero-order chi connectivity index (χ0) is 19.5. The van der Waals surface area contributed by atoms with Crippen molar-refractivity contribution in [2.24, 2.45) is 0 Å². The summed E-state index contributed by atoms with van der Waals surface area (Å²) in [5.41, 5.74) is 3.44. The summed E-state index contributed by atoms with van der Waals surface area (Å²) in [5.74, 6) is 1.49. The van der Waals surface area contributed by atoms with Crippen molar-refractivity contribution in [2.45, 2.75) is 20.5 Å². The van der Waals surface area contributed by atoms with Crippen LogP contribution >= 0.6 is 11.3 Å². The molecule has 0 bridgehead atoms. The fourth-order valence-electron chi connectivity index (χ4n) is 2.82. The number of carbonyl (C=O) groups excluding carboxylic acids is 1. The van der Waals surface area contributed by atoms with E-state index in [2.05, 4.69) is 10.1 Å². The molecule has 140 valence electrons. The number of rotatable bonds is 6. The Kier molecular flexibility index (Phi) is 5.04. The van der Waals surface area contributed by atoms with Gasteiger partial charge in [0.1, 0.15) is 23.1 Å². The summed E-state index contributed by atoms with van der Waals surface area (Å²) in [6.45, 7) is 3.74. The largest absolute Gasteiger partial charge is 0.487 e. The van der Waals surface area contributed by atoms with Crippen molar-refractivity contribution in [2.75, 3.05) is 0 Å². The average Bonchev–Trinajstić information content (AvgIpc) is 3.34. The summed E-state index contributed by atoms with van der Waals surface area (Å²) < 4.78 is 11.2. The van der Waals surface area contributed by atoms with E-state index >= 15 is 0 Å². The Hall–Kier alpha value is -3.25. The van der Waals surface area contributed by atoms with Gasteiger partial charge in [-0.2, -0.15) is 0 Å². The maximum atomic E-state index is 11.6. The fourth-order valence-corrected chi connectivity index (χ4v) is 3.78. The van der Waals surface area contributed by atoms with Gasteiger partial charge in [-0.1, -0.05) is 35.5 Å². The van der Waals surface area contributed by atoms with E-state index in [1.54, 1.807) is 6.92 Å². The van der Waals surface area contributed by atoms with Gasteiger partial charge in [-0.05, 0) is 31.2 Å². The van der Waals surface area contributed by atoms with Gasteiger partial charge in [0.2, 0.25) is 0 Å². The number of hydrogen-bond acceptors (Lipinski definition) is 6. The molecule has 0 unspecified atom stereocenters. The molecule has 2 heterocycles. The zero-order valence-corrected chi connectivity index (χ0v) is 16.3. The second-order valence-corrected chi connectivity index (χ2v) is 7.35. The second-order valence-electron chi connectivity index (χ2n) is 6.35. The highest BCUT2D eigenvalue weighted by molar-refractivity contribution is 7.17. The fraction of sp³-hybridized carbons (Fsp3) is 0.136. The highest BCUT2D eigenvalue weighted by Gasteiger charge is 2.13. The number of aromatic nitrogens is 2. The van der Waals surface area contributed by atoms with Crippen LogP contribution in [0.1, 0.15) is 28.0 Å². The number of benzene rings is 2. The van der Waals surface area contributed by atoms with E-state index in [4.69, 9.17) is 9.26 Å². The summed E-state index contributed by atoms with van der Waals surface area (Å²) in [6, 6.07) is 19.4. The van der Waals surface area contributed by atoms with Gasteiger partial charge in [0.25, 0.3) is 0 Å². The molecule has 6 heteroatoms. The lowest BCUT2D eigenvalue weighted by Gasteiger charge is -2.04. The van der Waals surface area contributed by atoms with E-state index in [1.165, 1.54) is 11.3 Å². The monoisotopic (exact) mass is 390 g/mol. The molecule has 4 rings (SSSR count). The molecular formula is C22H18N2O3S. The van der Waals surface area contributed by atoms with Crippen LogP contribution in [0, 0.1) is 6.92 Å². The third kappa shape index (κ3) is 3.87. The molecule has 0 amide bonds. The predicted molar refractivity (Wildman–Crippen MR) is 109 cm³/mol. The summed E-state index contributed by atoms with van der Waals surface area (Å²) >= 11 is 1.41. The number of carbonyl (C=O) groups is 1. The van der Waals surface area contributed by atoms with Gasteiger partial charge in [-0.25, -0.2) is 4.98 Å². The van der Waals surface area contributed by atoms with Gasteiger partial charge in [0, 0.05) is 24.1 Å². The standard InChI is InChI=1S/C22H18N2O3S/c1-14-21(15(2)25)28-22(23-14)17-8-10-19(11-9-17)26-13-18-12-20(27-24-18)16-6-4-3-5-7-16/h3-12H,13H2,1-2H3. The Morgan fingerprint density at radius 3 is 2.50 bits per heavy atom. The van der Waals surface area contributed by atoms with Gasteiger partial charge in [0.15, 0.2) is 11.5 Å². The first kappa shape index (κ1) is 18.1. The van der Waals surface area contributed by atoms with Crippen molar-refractivity contribution in [1.82, 2.24) is 10.1 Å². The molecule has 2 aromatic heterocycles. The van der Waals surface area contributed by atoms with Crippen LogP contribution in [0.3, 0.4) is 0 Å². The number of nitrogens with zero attached hydrogens (tertiary/aromatic N) is 2. The first-order valence-corrected chi connectivity index (χ1v) is 9.64. The lowest BCUT2D eigenvalue weighted by atomic mass is 10.2. The summed E-state index contributed by atoms with van der Waals surface area (Å²) in [5, 5.41) is 4.89. The van der Waals surface area contributed by atoms with Crippen molar-refractivity contribution < 1.29 is 14.1 Å². The van der Waals surface area contributed by atoms with Crippen LogP contribution in [0.4, 0.5) is 0 Å². The van der Waals surface area contributed by atoms with E-state index < -0.39 is 0 Å². The molecule has 4 aromatic rings. The van der Waals surface area contributed by atoms with Crippen molar-refractivity contribution in [3.8, 4) is 27.6 Å². The maximum Gasteiger partial charge on any atom is 0.171 e. The lowest BCUT2D eigenvalue weighted by molar-refractivity contribution is 0.102. The highest BCUT2D eigenvalue weighted by atomic mass is 32.1. The molecule has 0 aliphatic heterocycles. The molecular weight excluding hydrogens is 372 g/mol. The molecule has 0 saturated carbocycles. The Morgan fingerprint density at radius 2 is 1.82 bits per heavy atom. The molecule has 0 spiro atoms. The van der Waals surface area contributed by atoms with Crippen LogP contribution in [0.25, 0.3) is 21.9 Å². The van der Waals surface area contributed by atoms with Gasteiger partial charge >= 0.3 is 0 Å². The average molecular weight is 390 g/mol. The van der Waals surface area contributed by atoms with Crippen molar-refractivity contribution in [3.63, 3.8) is 0 Å². The van der Waals surface area contributed by atoms with Gasteiger partial charge < -0.3 is 9.26 Å². The molecule has 28 heavy (non-hydrogen) atoms. The summed E-state index contributed by atoms with van der Waals surface area (Å²) in [7, 11) is 0. The van der Waals surface area contributed by atoms with Crippen LogP contribution < -0.4 is 4.74 Å². The van der Waals surface area contributed by atoms with Crippen LogP contribution in [0.5, 0.6) is 5.75 Å². The molecule has 0 aliphatic rings. The lowest BCUT2D eigenvalue weighted by Crippen LogP contribution is -1.95. The van der Waals surface area contributed by atoms with Crippen LogP contribution in [-0.2, 0) is 6.61 Å². The van der Waals surface area contributed by atoms with E-state index in [1.807, 2.05) is 67.6 Å². The molecule has 0 aliphatic carbocycles. The quantitative estimate of drug-likeness (QED) is 0.404. The van der Waals surface area contributed by atoms with E-state index in [0.29, 0.717) is 11.5 Å². The Labute approximate surface area is 166 Å². The summed E-state index contributed by atoms with van der Waals surface area (Å²) in [6.07, 6.45) is 0. The predicted octanol–water partition coefficient (Wildman–Crippen LogP) is 5.56. The molecule has 0 fully saturated rings. The van der Waals surface area contributed by atoms with E-state index in [-0.39, 0.29) is 5.78 Å². The van der Waals surface area contributed by atoms with Gasteiger partial charge in [-0.15, -0.1) is 11.3 Å². The number of ether oxygens (including phenoxy) is 1. The SMILES string of the molecule is CC(=O)c1sc(-c2ccc(OCc3cc(-c4ccccc4)on3)cc2)nc1C. The molecule has 2 aromatic carbocycles. The molecule has 0 atom stereocenters. The van der Waals surface area contributed by atoms with Crippen LogP contribution in [0.15, 0.2) is 65.2 Å². The maximum absolute atomic E-state index is 11.6. The topological polar surface area (TPSA) is 65.2 Å². The van der Waals surface area contributed by atoms with Gasteiger partial charge in [-0.3, -0.25) is 4.79 Å². The molecule has 0 radical (unpaired) electrons. The van der Waals surface area contributed by atoms with Crippen molar-refractivity contribution in [3.05, 3.63) is 76.9 Å². The molecule has 0 saturated heterocycles. The normalized spacial score (nSPS) is 10.8. The van der Waals surface area contributed by atoms with Crippen molar-refractivity contribution >= 4 is 17.1 Å². The second kappa shape index (κ2) is 7.78.